The summed E-state index contributed by atoms with van der Waals surface area (Å²) in [6, 6.07) is -1.43. The van der Waals surface area contributed by atoms with Crippen molar-refractivity contribution in [2.24, 2.45) is 0 Å². The van der Waals surface area contributed by atoms with Crippen LogP contribution < -0.4 is 5.32 Å². The Bertz CT molecular complexity index is 314. The third-order valence-corrected chi connectivity index (χ3v) is 3.95. The van der Waals surface area contributed by atoms with Crippen molar-refractivity contribution in [1.29, 1.82) is 0 Å². The summed E-state index contributed by atoms with van der Waals surface area (Å²) in [5.41, 5.74) is 0. The summed E-state index contributed by atoms with van der Waals surface area (Å²) < 4.78 is 0. The first-order valence-corrected chi connectivity index (χ1v) is 7.89. The van der Waals surface area contributed by atoms with Gasteiger partial charge in [-0.05, 0) is 37.7 Å². The van der Waals surface area contributed by atoms with E-state index in [1.165, 1.54) is 0 Å². The molecule has 1 saturated heterocycles. The number of carbonyl (C=O) groups is 2. The van der Waals surface area contributed by atoms with E-state index < -0.39 is 12.0 Å². The Hall–Kier alpha value is -0.950. The first-order valence-electron chi connectivity index (χ1n) is 6.50. The lowest BCUT2D eigenvalue weighted by Crippen LogP contribution is -2.54. The van der Waals surface area contributed by atoms with Gasteiger partial charge in [0, 0.05) is 6.54 Å². The minimum absolute atomic E-state index is 0.0734. The average molecular weight is 290 g/mol. The van der Waals surface area contributed by atoms with Crippen LogP contribution in [0.1, 0.15) is 25.7 Å². The molecule has 1 fully saturated rings. The summed E-state index contributed by atoms with van der Waals surface area (Å²) in [7, 11) is 0. The van der Waals surface area contributed by atoms with E-state index >= 15 is 0 Å². The second-order valence-corrected chi connectivity index (χ2v) is 5.63. The Morgan fingerprint density at radius 1 is 1.47 bits per heavy atom. The number of carboxylic acid groups (broad SMARTS) is 1. The number of piperidine rings is 1. The number of aliphatic hydroxyl groups excluding tert-OH is 1. The maximum absolute atomic E-state index is 12.1. The molecule has 3 N–H and O–H groups in total. The maximum Gasteiger partial charge on any atom is 0.326 e. The fraction of sp³-hybridized carbons (Fsp3) is 0.833. The number of carbonyl (C=O) groups excluding carboxylic acids is 1. The molecule has 0 aromatic carbocycles. The molecule has 19 heavy (non-hydrogen) atoms. The normalized spacial score (nSPS) is 20.9. The van der Waals surface area contributed by atoms with Gasteiger partial charge in [-0.2, -0.15) is 11.8 Å². The quantitative estimate of drug-likeness (QED) is 0.671. The number of nitrogens with zero attached hydrogens (tertiary/aromatic N) is 1. The summed E-state index contributed by atoms with van der Waals surface area (Å²) in [6.07, 6.45) is 4.95. The lowest BCUT2D eigenvalue weighted by Gasteiger charge is -2.35. The Labute approximate surface area is 117 Å². The van der Waals surface area contributed by atoms with Crippen molar-refractivity contribution >= 4 is 23.8 Å². The zero-order chi connectivity index (χ0) is 14.3. The van der Waals surface area contributed by atoms with Crippen LogP contribution in [0.25, 0.3) is 0 Å². The van der Waals surface area contributed by atoms with Crippen LogP contribution in [0.5, 0.6) is 0 Å². The standard InChI is InChI=1S/C12H22N2O4S/c1-19-7-5-10(11(16)17)13-12(18)14-6-3-2-4-9(14)8-15/h9-10,15H,2-8H2,1H3,(H,13,18)(H,16,17)/t9?,10-/m0/s1. The smallest absolute Gasteiger partial charge is 0.326 e. The van der Waals surface area contributed by atoms with E-state index in [9.17, 15) is 14.7 Å². The number of amides is 2. The van der Waals surface area contributed by atoms with Crippen LogP contribution >= 0.6 is 11.8 Å². The number of aliphatic carboxylic acids is 1. The summed E-state index contributed by atoms with van der Waals surface area (Å²) in [6.45, 7) is 0.502. The minimum atomic E-state index is -1.01. The van der Waals surface area contributed by atoms with Crippen LogP contribution in [0.2, 0.25) is 0 Å². The van der Waals surface area contributed by atoms with Gasteiger partial charge in [0.05, 0.1) is 12.6 Å². The van der Waals surface area contributed by atoms with Crippen molar-refractivity contribution in [2.75, 3.05) is 25.2 Å². The van der Waals surface area contributed by atoms with Gasteiger partial charge in [-0.1, -0.05) is 0 Å². The lowest BCUT2D eigenvalue weighted by molar-refractivity contribution is -0.139. The zero-order valence-electron chi connectivity index (χ0n) is 11.2. The van der Waals surface area contributed by atoms with Crippen LogP contribution in [0.4, 0.5) is 4.79 Å². The van der Waals surface area contributed by atoms with Crippen molar-refractivity contribution < 1.29 is 19.8 Å². The van der Waals surface area contributed by atoms with Crippen molar-refractivity contribution in [3.05, 3.63) is 0 Å². The Kier molecular flexibility index (Phi) is 7.01. The molecular weight excluding hydrogens is 268 g/mol. The first-order chi connectivity index (χ1) is 9.10. The molecule has 0 spiro atoms. The van der Waals surface area contributed by atoms with E-state index in [0.717, 1.165) is 19.3 Å². The molecule has 1 aliphatic heterocycles. The van der Waals surface area contributed by atoms with E-state index in [-0.39, 0.29) is 18.7 Å². The monoisotopic (exact) mass is 290 g/mol. The van der Waals surface area contributed by atoms with E-state index in [2.05, 4.69) is 5.32 Å². The molecule has 0 radical (unpaired) electrons. The Balaban J connectivity index is 2.56. The largest absolute Gasteiger partial charge is 0.480 e. The molecule has 6 nitrogen and oxygen atoms in total. The van der Waals surface area contributed by atoms with Gasteiger partial charge in [0.25, 0.3) is 0 Å². The van der Waals surface area contributed by atoms with Crippen molar-refractivity contribution in [1.82, 2.24) is 10.2 Å². The third-order valence-electron chi connectivity index (χ3n) is 3.31. The predicted molar refractivity (Wildman–Crippen MR) is 74.4 cm³/mol. The fourth-order valence-electron chi connectivity index (χ4n) is 2.18. The maximum atomic E-state index is 12.1. The molecular formula is C12H22N2O4S. The zero-order valence-corrected chi connectivity index (χ0v) is 12.0. The number of rotatable bonds is 6. The van der Waals surface area contributed by atoms with Gasteiger partial charge in [0.1, 0.15) is 6.04 Å². The van der Waals surface area contributed by atoms with E-state index in [0.29, 0.717) is 18.7 Å². The molecule has 1 heterocycles. The summed E-state index contributed by atoms with van der Waals surface area (Å²) in [5, 5.41) is 20.9. The number of hydrogen-bond acceptors (Lipinski definition) is 4. The molecule has 0 aromatic heterocycles. The van der Waals surface area contributed by atoms with Gasteiger partial charge >= 0.3 is 12.0 Å². The molecule has 1 unspecified atom stereocenters. The highest BCUT2D eigenvalue weighted by molar-refractivity contribution is 7.98. The van der Waals surface area contributed by atoms with Crippen LogP contribution in [-0.2, 0) is 4.79 Å². The SMILES string of the molecule is CSCC[C@H](NC(=O)N1CCCCC1CO)C(=O)O. The first kappa shape index (κ1) is 16.1. The van der Waals surface area contributed by atoms with Gasteiger partial charge < -0.3 is 20.4 Å². The highest BCUT2D eigenvalue weighted by Crippen LogP contribution is 2.16. The van der Waals surface area contributed by atoms with Crippen LogP contribution in [-0.4, -0.2) is 64.4 Å². The third kappa shape index (κ3) is 4.91. The molecule has 1 rings (SSSR count). The lowest BCUT2D eigenvalue weighted by atomic mass is 10.0. The Morgan fingerprint density at radius 2 is 2.21 bits per heavy atom. The second-order valence-electron chi connectivity index (χ2n) is 4.65. The number of likely N-dealkylation sites (tertiary alicyclic amines) is 1. The van der Waals surface area contributed by atoms with Gasteiger partial charge in [0.15, 0.2) is 0 Å². The van der Waals surface area contributed by atoms with Gasteiger partial charge in [-0.15, -0.1) is 0 Å². The number of carboxylic acids is 1. The van der Waals surface area contributed by atoms with E-state index in [1.54, 1.807) is 16.7 Å². The molecule has 0 saturated carbocycles. The van der Waals surface area contributed by atoms with Crippen molar-refractivity contribution in [2.45, 2.75) is 37.8 Å². The van der Waals surface area contributed by atoms with Crippen LogP contribution in [0.3, 0.4) is 0 Å². The number of thioether (sulfide) groups is 1. The van der Waals surface area contributed by atoms with Gasteiger partial charge in [-0.3, -0.25) is 0 Å². The average Bonchev–Trinajstić information content (AvgIpc) is 2.42. The minimum Gasteiger partial charge on any atom is -0.480 e. The second kappa shape index (κ2) is 8.27. The number of urea groups is 1. The molecule has 0 bridgehead atoms. The van der Waals surface area contributed by atoms with E-state index in [1.807, 2.05) is 6.26 Å². The molecule has 110 valence electrons. The molecule has 2 amide bonds. The highest BCUT2D eigenvalue weighted by atomic mass is 32.2. The molecule has 1 aliphatic rings. The van der Waals surface area contributed by atoms with Gasteiger partial charge in [-0.25, -0.2) is 9.59 Å². The fourth-order valence-corrected chi connectivity index (χ4v) is 2.65. The van der Waals surface area contributed by atoms with Gasteiger partial charge in [0.2, 0.25) is 0 Å². The Morgan fingerprint density at radius 3 is 2.79 bits per heavy atom. The molecule has 7 heteroatoms. The number of nitrogens with one attached hydrogen (secondary N) is 1. The molecule has 0 aliphatic carbocycles. The predicted octanol–water partition coefficient (Wildman–Crippen LogP) is 0.749. The topological polar surface area (TPSA) is 89.9 Å². The summed E-state index contributed by atoms with van der Waals surface area (Å²) in [4.78, 5) is 24.7. The molecule has 2 atom stereocenters. The molecule has 0 aromatic rings. The summed E-state index contributed by atoms with van der Waals surface area (Å²) in [5.74, 6) is -0.333. The van der Waals surface area contributed by atoms with Crippen LogP contribution in [0, 0.1) is 0 Å². The van der Waals surface area contributed by atoms with Crippen molar-refractivity contribution in [3.63, 3.8) is 0 Å². The van der Waals surface area contributed by atoms with Crippen LogP contribution in [0.15, 0.2) is 0 Å². The number of hydrogen-bond donors (Lipinski definition) is 3. The van der Waals surface area contributed by atoms with Crippen molar-refractivity contribution in [3.8, 4) is 0 Å². The highest BCUT2D eigenvalue weighted by Gasteiger charge is 2.29. The number of aliphatic hydroxyl groups is 1. The summed E-state index contributed by atoms with van der Waals surface area (Å²) >= 11 is 1.55. The van der Waals surface area contributed by atoms with E-state index in [4.69, 9.17) is 5.11 Å².